The normalized spacial score (nSPS) is 18.4. The minimum absolute atomic E-state index is 0. The highest BCUT2D eigenvalue weighted by atomic mass is 35.5. The molecule has 17 heavy (non-hydrogen) atoms. The van der Waals surface area contributed by atoms with Gasteiger partial charge in [0.2, 0.25) is 0 Å². The Labute approximate surface area is 108 Å². The Bertz CT molecular complexity index is 331. The molecular weight excluding hydrogens is 240 g/mol. The summed E-state index contributed by atoms with van der Waals surface area (Å²) in [6.07, 6.45) is 0. The van der Waals surface area contributed by atoms with Gasteiger partial charge < -0.3 is 4.90 Å². The molecule has 98 valence electrons. The molecule has 0 aliphatic carbocycles. The van der Waals surface area contributed by atoms with Crippen LogP contribution in [-0.2, 0) is 6.54 Å². The van der Waals surface area contributed by atoms with Gasteiger partial charge in [0.25, 0.3) is 0 Å². The molecule has 1 aromatic rings. The lowest BCUT2D eigenvalue weighted by atomic mass is 10.3. The zero-order valence-corrected chi connectivity index (χ0v) is 11.5. The van der Waals surface area contributed by atoms with Crippen LogP contribution in [0.25, 0.3) is 0 Å². The van der Waals surface area contributed by atoms with E-state index in [0.29, 0.717) is 6.04 Å². The molecule has 1 aliphatic heterocycles. The van der Waals surface area contributed by atoms with E-state index in [9.17, 15) is 0 Å². The first kappa shape index (κ1) is 14.3. The quantitative estimate of drug-likeness (QED) is 0.789. The maximum atomic E-state index is 4.10. The number of rotatable bonds is 3. The molecule has 1 aliphatic rings. The molecule has 0 saturated carbocycles. The molecule has 0 aromatic carbocycles. The lowest BCUT2D eigenvalue weighted by Crippen LogP contribution is -2.44. The van der Waals surface area contributed by atoms with Crippen LogP contribution in [0.3, 0.4) is 0 Å². The van der Waals surface area contributed by atoms with Gasteiger partial charge in [0.1, 0.15) is 0 Å². The Balaban J connectivity index is 0.00000144. The molecule has 1 aromatic heterocycles. The number of hydrogen-bond acceptors (Lipinski definition) is 5. The molecule has 0 amide bonds. The van der Waals surface area contributed by atoms with Crippen LogP contribution < -0.4 is 0 Å². The molecule has 0 bridgehead atoms. The Morgan fingerprint density at radius 2 is 1.82 bits per heavy atom. The second-order valence-electron chi connectivity index (χ2n) is 4.71. The Kier molecular flexibility index (Phi) is 5.30. The van der Waals surface area contributed by atoms with Gasteiger partial charge in [-0.05, 0) is 31.3 Å². The molecule has 0 radical (unpaired) electrons. The summed E-state index contributed by atoms with van der Waals surface area (Å²) in [5.41, 5.74) is 0. The van der Waals surface area contributed by atoms with Gasteiger partial charge in [0.15, 0.2) is 5.82 Å². The fourth-order valence-electron chi connectivity index (χ4n) is 1.92. The highest BCUT2D eigenvalue weighted by Gasteiger charge is 2.17. The zero-order valence-electron chi connectivity index (χ0n) is 10.7. The lowest BCUT2D eigenvalue weighted by molar-refractivity contribution is 0.143. The third kappa shape index (κ3) is 3.62. The predicted octanol–water partition coefficient (Wildman–Crippen LogP) is 0.423. The molecule has 2 heterocycles. The first-order valence-corrected chi connectivity index (χ1v) is 5.84. The molecule has 0 N–H and O–H groups in total. The van der Waals surface area contributed by atoms with Crippen molar-refractivity contribution in [3.05, 3.63) is 5.82 Å². The van der Waals surface area contributed by atoms with E-state index in [0.717, 1.165) is 38.5 Å². The monoisotopic (exact) mass is 260 g/mol. The Morgan fingerprint density at radius 1 is 1.18 bits per heavy atom. The van der Waals surface area contributed by atoms with Crippen LogP contribution in [-0.4, -0.2) is 63.2 Å². The van der Waals surface area contributed by atoms with E-state index < -0.39 is 0 Å². The lowest BCUT2D eigenvalue weighted by Gasteiger charge is -2.31. The average Bonchev–Trinajstić information content (AvgIpc) is 2.69. The third-order valence-electron chi connectivity index (χ3n) is 3.01. The number of aromatic nitrogens is 4. The van der Waals surface area contributed by atoms with Crippen LogP contribution >= 0.6 is 12.4 Å². The first-order chi connectivity index (χ1) is 7.66. The number of likely N-dealkylation sites (N-methyl/N-ethyl adjacent to an activating group) is 1. The van der Waals surface area contributed by atoms with Crippen LogP contribution in [0.4, 0.5) is 0 Å². The molecule has 7 heteroatoms. The van der Waals surface area contributed by atoms with Crippen molar-refractivity contribution in [2.75, 3.05) is 33.2 Å². The summed E-state index contributed by atoms with van der Waals surface area (Å²) in [7, 11) is 2.16. The van der Waals surface area contributed by atoms with Crippen molar-refractivity contribution in [1.82, 2.24) is 30.0 Å². The van der Waals surface area contributed by atoms with E-state index in [1.807, 2.05) is 4.68 Å². The topological polar surface area (TPSA) is 50.1 Å². The van der Waals surface area contributed by atoms with Crippen LogP contribution in [0, 0.1) is 0 Å². The van der Waals surface area contributed by atoms with Gasteiger partial charge in [-0.25, -0.2) is 4.68 Å². The zero-order chi connectivity index (χ0) is 11.5. The van der Waals surface area contributed by atoms with Gasteiger partial charge in [-0.3, -0.25) is 4.90 Å². The number of halogens is 1. The van der Waals surface area contributed by atoms with Crippen molar-refractivity contribution < 1.29 is 0 Å². The minimum atomic E-state index is 0. The molecule has 0 unspecified atom stereocenters. The maximum Gasteiger partial charge on any atom is 0.165 e. The first-order valence-electron chi connectivity index (χ1n) is 5.84. The predicted molar refractivity (Wildman–Crippen MR) is 68.2 cm³/mol. The van der Waals surface area contributed by atoms with Gasteiger partial charge in [-0.1, -0.05) is 0 Å². The fraction of sp³-hybridized carbons (Fsp3) is 0.900. The molecule has 0 atom stereocenters. The summed E-state index contributed by atoms with van der Waals surface area (Å²) in [4.78, 5) is 4.76. The van der Waals surface area contributed by atoms with Crippen LogP contribution in [0.2, 0.25) is 0 Å². The van der Waals surface area contributed by atoms with Crippen LogP contribution in [0.1, 0.15) is 25.7 Å². The standard InChI is InChI=1S/C10H20N6.ClH/c1-9(2)16-10(11-12-13-16)8-15-6-4-14(3)5-7-15;/h9H,4-8H2,1-3H3;1H. The number of tetrazole rings is 1. The van der Waals surface area contributed by atoms with Gasteiger partial charge in [-0.15, -0.1) is 17.5 Å². The van der Waals surface area contributed by atoms with E-state index in [2.05, 4.69) is 46.2 Å². The van der Waals surface area contributed by atoms with Gasteiger partial charge in [0.05, 0.1) is 12.6 Å². The van der Waals surface area contributed by atoms with E-state index >= 15 is 0 Å². The molecule has 2 rings (SSSR count). The van der Waals surface area contributed by atoms with Crippen LogP contribution in [0.15, 0.2) is 0 Å². The van der Waals surface area contributed by atoms with E-state index in [1.165, 1.54) is 0 Å². The SMILES string of the molecule is CC(C)n1nnnc1CN1CCN(C)CC1.Cl. The summed E-state index contributed by atoms with van der Waals surface area (Å²) >= 11 is 0. The summed E-state index contributed by atoms with van der Waals surface area (Å²) < 4.78 is 1.90. The maximum absolute atomic E-state index is 4.10. The second kappa shape index (κ2) is 6.28. The van der Waals surface area contributed by atoms with Gasteiger partial charge in [-0.2, -0.15) is 0 Å². The Morgan fingerprint density at radius 3 is 2.41 bits per heavy atom. The molecule has 6 nitrogen and oxygen atoms in total. The van der Waals surface area contributed by atoms with E-state index in [1.54, 1.807) is 0 Å². The van der Waals surface area contributed by atoms with Crippen molar-refractivity contribution in [3.63, 3.8) is 0 Å². The smallest absolute Gasteiger partial charge is 0.165 e. The van der Waals surface area contributed by atoms with E-state index in [4.69, 9.17) is 0 Å². The van der Waals surface area contributed by atoms with Crippen LogP contribution in [0.5, 0.6) is 0 Å². The largest absolute Gasteiger partial charge is 0.304 e. The summed E-state index contributed by atoms with van der Waals surface area (Å²) in [5, 5.41) is 11.9. The van der Waals surface area contributed by atoms with Crippen molar-refractivity contribution in [2.24, 2.45) is 0 Å². The van der Waals surface area contributed by atoms with E-state index in [-0.39, 0.29) is 12.4 Å². The number of piperazine rings is 1. The Hall–Kier alpha value is -0.720. The van der Waals surface area contributed by atoms with Crippen molar-refractivity contribution in [2.45, 2.75) is 26.4 Å². The minimum Gasteiger partial charge on any atom is -0.304 e. The second-order valence-corrected chi connectivity index (χ2v) is 4.71. The average molecular weight is 261 g/mol. The molecule has 1 saturated heterocycles. The number of hydrogen-bond donors (Lipinski definition) is 0. The number of nitrogens with zero attached hydrogens (tertiary/aromatic N) is 6. The highest BCUT2D eigenvalue weighted by Crippen LogP contribution is 2.08. The third-order valence-corrected chi connectivity index (χ3v) is 3.01. The van der Waals surface area contributed by atoms with Crippen molar-refractivity contribution in [3.8, 4) is 0 Å². The fourth-order valence-corrected chi connectivity index (χ4v) is 1.92. The van der Waals surface area contributed by atoms with Gasteiger partial charge in [0, 0.05) is 26.2 Å². The highest BCUT2D eigenvalue weighted by molar-refractivity contribution is 5.85. The van der Waals surface area contributed by atoms with Crippen molar-refractivity contribution >= 4 is 12.4 Å². The molecular formula is C10H21ClN6. The summed E-state index contributed by atoms with van der Waals surface area (Å²) in [6.45, 7) is 9.52. The summed E-state index contributed by atoms with van der Waals surface area (Å²) in [6, 6.07) is 0.331. The van der Waals surface area contributed by atoms with Crippen molar-refractivity contribution in [1.29, 1.82) is 0 Å². The van der Waals surface area contributed by atoms with Gasteiger partial charge >= 0.3 is 0 Å². The molecule has 1 fully saturated rings. The summed E-state index contributed by atoms with van der Waals surface area (Å²) in [5.74, 6) is 0.972. The molecule has 0 spiro atoms.